The number of carbonyl (C=O) groups is 2. The van der Waals surface area contributed by atoms with Crippen LogP contribution in [0.2, 0.25) is 0 Å². The first kappa shape index (κ1) is 18.2. The summed E-state index contributed by atoms with van der Waals surface area (Å²) >= 11 is 0. The fourth-order valence-electron chi connectivity index (χ4n) is 2.03. The van der Waals surface area contributed by atoms with E-state index in [4.69, 9.17) is 9.47 Å². The zero-order valence-corrected chi connectivity index (χ0v) is 13.6. The molecule has 22 heavy (non-hydrogen) atoms. The third-order valence-electron chi connectivity index (χ3n) is 3.24. The quantitative estimate of drug-likeness (QED) is 0.369. The number of hydrogen-bond acceptors (Lipinski definition) is 4. The fraction of sp³-hybridized carbons (Fsp3) is 0.556. The predicted octanol–water partition coefficient (Wildman–Crippen LogP) is 4.19. The summed E-state index contributed by atoms with van der Waals surface area (Å²) in [6.45, 7) is 4.56. The Labute approximate surface area is 132 Å². The molecule has 0 bridgehead atoms. The average molecular weight is 306 g/mol. The van der Waals surface area contributed by atoms with E-state index in [-0.39, 0.29) is 24.8 Å². The van der Waals surface area contributed by atoms with Gasteiger partial charge in [0.2, 0.25) is 0 Å². The van der Waals surface area contributed by atoms with E-state index >= 15 is 0 Å². The van der Waals surface area contributed by atoms with Gasteiger partial charge in [0.25, 0.3) is 0 Å². The Morgan fingerprint density at radius 1 is 1.00 bits per heavy atom. The Kier molecular flexibility index (Phi) is 8.96. The third kappa shape index (κ3) is 8.45. The highest BCUT2D eigenvalue weighted by atomic mass is 16.5. The smallest absolute Gasteiger partial charge is 0.311 e. The van der Waals surface area contributed by atoms with Crippen molar-refractivity contribution in [2.24, 2.45) is 0 Å². The molecule has 0 heterocycles. The zero-order chi connectivity index (χ0) is 16.2. The molecule has 4 nitrogen and oxygen atoms in total. The normalized spacial score (nSPS) is 10.3. The van der Waals surface area contributed by atoms with Gasteiger partial charge in [-0.3, -0.25) is 9.59 Å². The van der Waals surface area contributed by atoms with Gasteiger partial charge in [-0.25, -0.2) is 0 Å². The van der Waals surface area contributed by atoms with Crippen molar-refractivity contribution in [2.75, 3.05) is 6.61 Å². The molecule has 0 saturated carbocycles. The van der Waals surface area contributed by atoms with E-state index in [1.54, 1.807) is 6.07 Å². The largest absolute Gasteiger partial charge is 0.466 e. The van der Waals surface area contributed by atoms with E-state index in [2.05, 4.69) is 6.92 Å². The van der Waals surface area contributed by atoms with Gasteiger partial charge < -0.3 is 9.47 Å². The van der Waals surface area contributed by atoms with Crippen LogP contribution in [0.4, 0.5) is 0 Å². The van der Waals surface area contributed by atoms with Gasteiger partial charge in [-0.1, -0.05) is 38.3 Å². The molecule has 0 aliphatic rings. The van der Waals surface area contributed by atoms with Gasteiger partial charge >= 0.3 is 11.9 Å². The van der Waals surface area contributed by atoms with Gasteiger partial charge in [-0.15, -0.1) is 0 Å². The van der Waals surface area contributed by atoms with Crippen molar-refractivity contribution in [3.8, 4) is 5.75 Å². The van der Waals surface area contributed by atoms with Crippen LogP contribution in [0.3, 0.4) is 0 Å². The summed E-state index contributed by atoms with van der Waals surface area (Å²) in [4.78, 5) is 23.1. The molecule has 0 saturated heterocycles. The van der Waals surface area contributed by atoms with E-state index in [0.29, 0.717) is 18.8 Å². The highest BCUT2D eigenvalue weighted by Crippen LogP contribution is 2.13. The van der Waals surface area contributed by atoms with E-state index in [1.165, 1.54) is 6.42 Å². The van der Waals surface area contributed by atoms with Gasteiger partial charge in [-0.05, 0) is 37.5 Å². The molecule has 0 N–H and O–H groups in total. The lowest BCUT2D eigenvalue weighted by molar-refractivity contribution is -0.144. The maximum Gasteiger partial charge on any atom is 0.311 e. The molecule has 1 aromatic carbocycles. The molecule has 1 aromatic rings. The minimum absolute atomic E-state index is 0.221. The van der Waals surface area contributed by atoms with Crippen LogP contribution in [0.15, 0.2) is 24.3 Å². The maximum absolute atomic E-state index is 11.7. The highest BCUT2D eigenvalue weighted by molar-refractivity contribution is 5.74. The molecule has 4 heteroatoms. The SMILES string of the molecule is CCCCCCOC(=O)CCCC(=O)Oc1cccc(C)c1. The Balaban J connectivity index is 2.10. The van der Waals surface area contributed by atoms with Crippen LogP contribution in [0, 0.1) is 6.92 Å². The first-order valence-electron chi connectivity index (χ1n) is 8.04. The summed E-state index contributed by atoms with van der Waals surface area (Å²) in [6.07, 6.45) is 5.27. The minimum Gasteiger partial charge on any atom is -0.466 e. The number of rotatable bonds is 10. The molecule has 122 valence electrons. The van der Waals surface area contributed by atoms with Crippen molar-refractivity contribution in [2.45, 2.75) is 58.8 Å². The minimum atomic E-state index is -0.318. The van der Waals surface area contributed by atoms with Crippen molar-refractivity contribution < 1.29 is 19.1 Å². The summed E-state index contributed by atoms with van der Waals surface area (Å²) in [7, 11) is 0. The number of unbranched alkanes of at least 4 members (excludes halogenated alkanes) is 3. The van der Waals surface area contributed by atoms with Crippen molar-refractivity contribution in [3.63, 3.8) is 0 Å². The Bertz CT molecular complexity index is 468. The molecule has 0 atom stereocenters. The summed E-state index contributed by atoms with van der Waals surface area (Å²) in [5, 5.41) is 0. The molecule has 0 aliphatic heterocycles. The van der Waals surface area contributed by atoms with Gasteiger partial charge in [0.05, 0.1) is 6.61 Å². The van der Waals surface area contributed by atoms with Crippen LogP contribution in [-0.2, 0) is 14.3 Å². The number of aryl methyl sites for hydroxylation is 1. The molecule has 0 aromatic heterocycles. The lowest BCUT2D eigenvalue weighted by Crippen LogP contribution is -2.10. The number of esters is 2. The number of benzene rings is 1. The summed E-state index contributed by atoms with van der Waals surface area (Å²) in [5.74, 6) is -0.00954. The van der Waals surface area contributed by atoms with Gasteiger partial charge in [0.1, 0.15) is 5.75 Å². The fourth-order valence-corrected chi connectivity index (χ4v) is 2.03. The Morgan fingerprint density at radius 2 is 1.77 bits per heavy atom. The van der Waals surface area contributed by atoms with Crippen molar-refractivity contribution in [3.05, 3.63) is 29.8 Å². The molecule has 0 radical (unpaired) electrons. The second-order valence-corrected chi connectivity index (χ2v) is 5.43. The topological polar surface area (TPSA) is 52.6 Å². The average Bonchev–Trinajstić information content (AvgIpc) is 2.47. The number of hydrogen-bond donors (Lipinski definition) is 0. The lowest BCUT2D eigenvalue weighted by Gasteiger charge is -2.06. The van der Waals surface area contributed by atoms with Crippen LogP contribution in [0.5, 0.6) is 5.75 Å². The van der Waals surface area contributed by atoms with Crippen LogP contribution >= 0.6 is 0 Å². The molecule has 0 unspecified atom stereocenters. The van der Waals surface area contributed by atoms with E-state index in [0.717, 1.165) is 24.8 Å². The van der Waals surface area contributed by atoms with E-state index in [1.807, 2.05) is 25.1 Å². The summed E-state index contributed by atoms with van der Waals surface area (Å²) in [5.41, 5.74) is 1.04. The van der Waals surface area contributed by atoms with Gasteiger partial charge in [-0.2, -0.15) is 0 Å². The maximum atomic E-state index is 11.7. The molecule has 0 spiro atoms. The van der Waals surface area contributed by atoms with Crippen molar-refractivity contribution in [1.82, 2.24) is 0 Å². The molecule has 1 rings (SSSR count). The molecule has 0 aliphatic carbocycles. The third-order valence-corrected chi connectivity index (χ3v) is 3.24. The van der Waals surface area contributed by atoms with Crippen molar-refractivity contribution >= 4 is 11.9 Å². The molecule has 0 fully saturated rings. The highest BCUT2D eigenvalue weighted by Gasteiger charge is 2.08. The van der Waals surface area contributed by atoms with Crippen molar-refractivity contribution in [1.29, 1.82) is 0 Å². The molecular weight excluding hydrogens is 280 g/mol. The van der Waals surface area contributed by atoms with Crippen LogP contribution in [0.1, 0.15) is 57.4 Å². The number of ether oxygens (including phenoxy) is 2. The van der Waals surface area contributed by atoms with Crippen LogP contribution < -0.4 is 4.74 Å². The first-order chi connectivity index (χ1) is 10.6. The van der Waals surface area contributed by atoms with E-state index < -0.39 is 0 Å². The molecular formula is C18H26O4. The summed E-state index contributed by atoms with van der Waals surface area (Å²) < 4.78 is 10.3. The van der Waals surface area contributed by atoms with Crippen LogP contribution in [0.25, 0.3) is 0 Å². The van der Waals surface area contributed by atoms with Gasteiger partial charge in [0, 0.05) is 12.8 Å². The van der Waals surface area contributed by atoms with E-state index in [9.17, 15) is 9.59 Å². The van der Waals surface area contributed by atoms with Crippen LogP contribution in [-0.4, -0.2) is 18.5 Å². The van der Waals surface area contributed by atoms with Gasteiger partial charge in [0.15, 0.2) is 0 Å². The standard InChI is InChI=1S/C18H26O4/c1-3-4-5-6-13-21-17(19)11-8-12-18(20)22-16-10-7-9-15(2)14-16/h7,9-10,14H,3-6,8,11-13H2,1-2H3. The first-order valence-corrected chi connectivity index (χ1v) is 8.04. The number of carbonyl (C=O) groups excluding carboxylic acids is 2. The predicted molar refractivity (Wildman–Crippen MR) is 85.8 cm³/mol. The Hall–Kier alpha value is -1.84. The second-order valence-electron chi connectivity index (χ2n) is 5.43. The monoisotopic (exact) mass is 306 g/mol. The Morgan fingerprint density at radius 3 is 2.50 bits per heavy atom. The lowest BCUT2D eigenvalue weighted by atomic mass is 10.2. The molecule has 0 amide bonds. The summed E-state index contributed by atoms with van der Waals surface area (Å²) in [6, 6.07) is 7.33. The zero-order valence-electron chi connectivity index (χ0n) is 13.6. The second kappa shape index (κ2) is 10.8.